The smallest absolute Gasteiger partial charge is 0.338 e. The number of nitrogens with one attached hydrogen (secondary N) is 1. The third-order valence-corrected chi connectivity index (χ3v) is 4.77. The topological polar surface area (TPSA) is 72.5 Å². The van der Waals surface area contributed by atoms with E-state index in [1.807, 2.05) is 0 Å². The van der Waals surface area contributed by atoms with Gasteiger partial charge in [0.1, 0.15) is 0 Å². The van der Waals surface area contributed by atoms with Gasteiger partial charge in [-0.3, -0.25) is 0 Å². The van der Waals surface area contributed by atoms with Gasteiger partial charge in [-0.15, -0.1) is 0 Å². The molecule has 1 N–H and O–H groups in total. The molecule has 104 valence electrons. The normalized spacial score (nSPS) is 21.0. The van der Waals surface area contributed by atoms with Gasteiger partial charge in [-0.2, -0.15) is 0 Å². The zero-order valence-corrected chi connectivity index (χ0v) is 11.6. The monoisotopic (exact) mass is 283 g/mol. The summed E-state index contributed by atoms with van der Waals surface area (Å²) in [4.78, 5) is 11.5. The minimum Gasteiger partial charge on any atom is -0.462 e. The summed E-state index contributed by atoms with van der Waals surface area (Å²) in [6.45, 7) is 2.10. The molecule has 0 bridgehead atoms. The molecule has 1 fully saturated rings. The van der Waals surface area contributed by atoms with Crippen LogP contribution in [0.4, 0.5) is 5.69 Å². The Hall–Kier alpha value is -1.56. The van der Waals surface area contributed by atoms with Crippen molar-refractivity contribution in [1.29, 1.82) is 0 Å². The van der Waals surface area contributed by atoms with Gasteiger partial charge in [0.15, 0.2) is 9.84 Å². The molecule has 1 atom stereocenters. The number of benzene rings is 1. The molecule has 19 heavy (non-hydrogen) atoms. The summed E-state index contributed by atoms with van der Waals surface area (Å²) in [6, 6.07) is 6.82. The van der Waals surface area contributed by atoms with Gasteiger partial charge in [-0.1, -0.05) is 0 Å². The number of carbonyl (C=O) groups is 1. The molecular weight excluding hydrogens is 266 g/mol. The average molecular weight is 283 g/mol. The summed E-state index contributed by atoms with van der Waals surface area (Å²) in [5, 5.41) is 3.16. The molecule has 0 radical (unpaired) electrons. The highest BCUT2D eigenvalue weighted by atomic mass is 32.2. The molecule has 1 aromatic rings. The van der Waals surface area contributed by atoms with Crippen molar-refractivity contribution < 1.29 is 17.9 Å². The largest absolute Gasteiger partial charge is 0.462 e. The van der Waals surface area contributed by atoms with Gasteiger partial charge in [0.25, 0.3) is 0 Å². The van der Waals surface area contributed by atoms with Gasteiger partial charge < -0.3 is 10.1 Å². The first-order chi connectivity index (χ1) is 9.00. The van der Waals surface area contributed by atoms with E-state index in [0.29, 0.717) is 18.6 Å². The molecule has 1 saturated heterocycles. The summed E-state index contributed by atoms with van der Waals surface area (Å²) in [7, 11) is -2.88. The second-order valence-corrected chi connectivity index (χ2v) is 6.77. The standard InChI is InChI=1S/C13H17NO4S/c1-2-18-13(15)10-3-5-11(6-4-10)14-12-7-8-19(16,17)9-12/h3-6,12,14H,2,7-9H2,1H3. The van der Waals surface area contributed by atoms with Gasteiger partial charge in [0.2, 0.25) is 0 Å². The number of carbonyl (C=O) groups excluding carboxylic acids is 1. The number of ether oxygens (including phenoxy) is 1. The van der Waals surface area contributed by atoms with Crippen LogP contribution in [0, 0.1) is 0 Å². The molecule has 0 aromatic heterocycles. The van der Waals surface area contributed by atoms with Crippen molar-refractivity contribution in [2.75, 3.05) is 23.4 Å². The number of esters is 1. The fourth-order valence-electron chi connectivity index (χ4n) is 2.06. The lowest BCUT2D eigenvalue weighted by Gasteiger charge is -2.12. The molecule has 2 rings (SSSR count). The molecule has 5 nitrogen and oxygen atoms in total. The molecule has 0 aliphatic carbocycles. The van der Waals surface area contributed by atoms with Gasteiger partial charge in [-0.05, 0) is 37.6 Å². The van der Waals surface area contributed by atoms with E-state index in [9.17, 15) is 13.2 Å². The van der Waals surface area contributed by atoms with Gasteiger partial charge in [0, 0.05) is 11.7 Å². The number of hydrogen-bond donors (Lipinski definition) is 1. The SMILES string of the molecule is CCOC(=O)c1ccc(NC2CCS(=O)(=O)C2)cc1. The Morgan fingerprint density at radius 1 is 1.37 bits per heavy atom. The van der Waals surface area contributed by atoms with Crippen LogP contribution >= 0.6 is 0 Å². The van der Waals surface area contributed by atoms with Crippen molar-refractivity contribution in [2.24, 2.45) is 0 Å². The van der Waals surface area contributed by atoms with Crippen LogP contribution in [0.5, 0.6) is 0 Å². The number of anilines is 1. The van der Waals surface area contributed by atoms with Crippen molar-refractivity contribution in [3.8, 4) is 0 Å². The van der Waals surface area contributed by atoms with Crippen LogP contribution in [0.15, 0.2) is 24.3 Å². The van der Waals surface area contributed by atoms with E-state index < -0.39 is 9.84 Å². The van der Waals surface area contributed by atoms with Crippen LogP contribution < -0.4 is 5.32 Å². The summed E-state index contributed by atoms with van der Waals surface area (Å²) in [5.74, 6) is 0.0653. The van der Waals surface area contributed by atoms with E-state index in [2.05, 4.69) is 5.32 Å². The first-order valence-corrected chi connectivity index (χ1v) is 8.06. The summed E-state index contributed by atoms with van der Waals surface area (Å²) < 4.78 is 27.6. The van der Waals surface area contributed by atoms with Crippen molar-refractivity contribution in [3.63, 3.8) is 0 Å². The van der Waals surface area contributed by atoms with Crippen LogP contribution in [0.2, 0.25) is 0 Å². The molecule has 1 aromatic carbocycles. The van der Waals surface area contributed by atoms with Crippen LogP contribution in [0.1, 0.15) is 23.7 Å². The molecule has 0 amide bonds. The predicted molar refractivity (Wildman–Crippen MR) is 73.1 cm³/mol. The zero-order valence-electron chi connectivity index (χ0n) is 10.8. The minimum atomic E-state index is -2.88. The van der Waals surface area contributed by atoms with Crippen LogP contribution in [-0.4, -0.2) is 38.5 Å². The first-order valence-electron chi connectivity index (χ1n) is 6.24. The molecule has 0 spiro atoms. The van der Waals surface area contributed by atoms with Crippen LogP contribution in [0.3, 0.4) is 0 Å². The molecule has 6 heteroatoms. The summed E-state index contributed by atoms with van der Waals surface area (Å²) >= 11 is 0. The van der Waals surface area contributed by atoms with Crippen molar-refractivity contribution >= 4 is 21.5 Å². The third-order valence-electron chi connectivity index (χ3n) is 3.00. The first kappa shape index (κ1) is 13.9. The van der Waals surface area contributed by atoms with Crippen LogP contribution in [-0.2, 0) is 14.6 Å². The van der Waals surface area contributed by atoms with E-state index in [1.165, 1.54) is 0 Å². The minimum absolute atomic E-state index is 0.0431. The Balaban J connectivity index is 1.98. The number of hydrogen-bond acceptors (Lipinski definition) is 5. The molecule has 1 heterocycles. The molecule has 1 aliphatic rings. The fourth-order valence-corrected chi connectivity index (χ4v) is 3.73. The lowest BCUT2D eigenvalue weighted by atomic mass is 10.2. The summed E-state index contributed by atoms with van der Waals surface area (Å²) in [5.41, 5.74) is 1.31. The molecule has 1 aliphatic heterocycles. The highest BCUT2D eigenvalue weighted by Gasteiger charge is 2.27. The number of rotatable bonds is 4. The van der Waals surface area contributed by atoms with Crippen molar-refractivity contribution in [1.82, 2.24) is 0 Å². The van der Waals surface area contributed by atoms with E-state index in [-0.39, 0.29) is 23.5 Å². The van der Waals surface area contributed by atoms with Crippen LogP contribution in [0.25, 0.3) is 0 Å². The Kier molecular flexibility index (Phi) is 4.09. The molecule has 0 saturated carbocycles. The van der Waals surface area contributed by atoms with Gasteiger partial charge >= 0.3 is 5.97 Å². The fraction of sp³-hybridized carbons (Fsp3) is 0.462. The maximum Gasteiger partial charge on any atom is 0.338 e. The van der Waals surface area contributed by atoms with Gasteiger partial charge in [0.05, 0.1) is 23.7 Å². The van der Waals surface area contributed by atoms with Gasteiger partial charge in [-0.25, -0.2) is 13.2 Å². The third kappa shape index (κ3) is 3.70. The maximum atomic E-state index is 11.5. The molecular formula is C13H17NO4S. The van der Waals surface area contributed by atoms with E-state index in [0.717, 1.165) is 5.69 Å². The predicted octanol–water partition coefficient (Wildman–Crippen LogP) is 1.46. The van der Waals surface area contributed by atoms with E-state index in [1.54, 1.807) is 31.2 Å². The van der Waals surface area contributed by atoms with E-state index >= 15 is 0 Å². The van der Waals surface area contributed by atoms with E-state index in [4.69, 9.17) is 4.74 Å². The Morgan fingerprint density at radius 2 is 2.05 bits per heavy atom. The average Bonchev–Trinajstić information content (AvgIpc) is 2.70. The Bertz CT molecular complexity index is 551. The number of sulfone groups is 1. The van der Waals surface area contributed by atoms with Crippen molar-refractivity contribution in [3.05, 3.63) is 29.8 Å². The Morgan fingerprint density at radius 3 is 2.58 bits per heavy atom. The lowest BCUT2D eigenvalue weighted by Crippen LogP contribution is -2.20. The second-order valence-electron chi connectivity index (χ2n) is 4.54. The quantitative estimate of drug-likeness (QED) is 0.847. The Labute approximate surface area is 112 Å². The van der Waals surface area contributed by atoms with Crippen molar-refractivity contribution in [2.45, 2.75) is 19.4 Å². The molecule has 1 unspecified atom stereocenters. The summed E-state index contributed by atoms with van der Waals surface area (Å²) in [6.07, 6.45) is 0.627. The second kappa shape index (κ2) is 5.61. The highest BCUT2D eigenvalue weighted by Crippen LogP contribution is 2.18. The zero-order chi connectivity index (χ0) is 13.9. The highest BCUT2D eigenvalue weighted by molar-refractivity contribution is 7.91. The lowest BCUT2D eigenvalue weighted by molar-refractivity contribution is 0.0526. The maximum absolute atomic E-state index is 11.5.